The van der Waals surface area contributed by atoms with Crippen molar-refractivity contribution in [2.24, 2.45) is 0 Å². The third-order valence-electron chi connectivity index (χ3n) is 4.48. The summed E-state index contributed by atoms with van der Waals surface area (Å²) in [6.45, 7) is 1.81. The van der Waals surface area contributed by atoms with Crippen molar-refractivity contribution in [1.29, 1.82) is 0 Å². The lowest BCUT2D eigenvalue weighted by atomic mass is 10.1. The lowest BCUT2D eigenvalue weighted by Crippen LogP contribution is -2.48. The molecule has 0 spiro atoms. The summed E-state index contributed by atoms with van der Waals surface area (Å²) in [6.07, 6.45) is 6.77. The van der Waals surface area contributed by atoms with Crippen LogP contribution in [0.5, 0.6) is 0 Å². The second kappa shape index (κ2) is 7.29. The number of fused-ring (bicyclic) bond motifs is 1. The number of hydrogen-bond donors (Lipinski definition) is 0. The number of aryl methyl sites for hydroxylation is 1. The molecule has 3 heterocycles. The van der Waals surface area contributed by atoms with Crippen LogP contribution in [0, 0.1) is 0 Å². The van der Waals surface area contributed by atoms with E-state index in [0.29, 0.717) is 19.8 Å². The van der Waals surface area contributed by atoms with E-state index < -0.39 is 0 Å². The Morgan fingerprint density at radius 1 is 1.32 bits per heavy atom. The highest BCUT2D eigenvalue weighted by Gasteiger charge is 2.28. The highest BCUT2D eigenvalue weighted by atomic mass is 32.1. The van der Waals surface area contributed by atoms with Gasteiger partial charge in [0.2, 0.25) is 0 Å². The van der Waals surface area contributed by atoms with Gasteiger partial charge in [0.15, 0.2) is 0 Å². The molecule has 1 amide bonds. The minimum Gasteiger partial charge on any atom is -0.377 e. The van der Waals surface area contributed by atoms with E-state index in [-0.39, 0.29) is 11.9 Å². The van der Waals surface area contributed by atoms with Crippen molar-refractivity contribution in [3.63, 3.8) is 0 Å². The van der Waals surface area contributed by atoms with Crippen molar-refractivity contribution >= 4 is 27.3 Å². The topological polar surface area (TPSA) is 55.3 Å². The Morgan fingerprint density at radius 2 is 2.24 bits per heavy atom. The molecule has 1 aliphatic heterocycles. The summed E-state index contributed by atoms with van der Waals surface area (Å²) in [4.78, 5) is 24.2. The zero-order valence-electron chi connectivity index (χ0n) is 13.8. The number of hydrogen-bond acceptors (Lipinski definition) is 5. The Bertz CT molecular complexity index is 832. The molecule has 128 valence electrons. The maximum atomic E-state index is 13.0. The van der Waals surface area contributed by atoms with E-state index in [9.17, 15) is 4.79 Å². The van der Waals surface area contributed by atoms with Gasteiger partial charge in [-0.15, -0.1) is 11.3 Å². The average molecular weight is 353 g/mol. The largest absolute Gasteiger partial charge is 0.377 e. The molecule has 0 bridgehead atoms. The molecule has 0 N–H and O–H groups in total. The van der Waals surface area contributed by atoms with E-state index >= 15 is 0 Å². The molecule has 0 saturated carbocycles. The molecule has 25 heavy (non-hydrogen) atoms. The molecule has 4 rings (SSSR count). The van der Waals surface area contributed by atoms with Crippen molar-refractivity contribution < 1.29 is 9.53 Å². The number of rotatable bonds is 4. The molecule has 0 radical (unpaired) electrons. The van der Waals surface area contributed by atoms with Gasteiger partial charge in [-0.1, -0.05) is 18.2 Å². The number of morpholine rings is 1. The van der Waals surface area contributed by atoms with Crippen molar-refractivity contribution in [3.8, 4) is 0 Å². The van der Waals surface area contributed by atoms with Gasteiger partial charge in [-0.05, 0) is 30.4 Å². The van der Waals surface area contributed by atoms with E-state index in [2.05, 4.69) is 16.0 Å². The molecule has 1 aromatic carbocycles. The van der Waals surface area contributed by atoms with E-state index in [1.54, 1.807) is 29.9 Å². The van der Waals surface area contributed by atoms with E-state index in [1.807, 2.05) is 29.2 Å². The third-order valence-corrected chi connectivity index (χ3v) is 5.58. The first-order valence-electron chi connectivity index (χ1n) is 8.43. The molecule has 0 aliphatic carbocycles. The number of ether oxygens (including phenoxy) is 1. The molecular formula is C19H19N3O2S. The van der Waals surface area contributed by atoms with Crippen LogP contribution < -0.4 is 0 Å². The Morgan fingerprint density at radius 3 is 3.08 bits per heavy atom. The summed E-state index contributed by atoms with van der Waals surface area (Å²) in [5.74, 6) is 0.105. The molecule has 5 nitrogen and oxygen atoms in total. The summed E-state index contributed by atoms with van der Waals surface area (Å²) in [6, 6.07) is 10.2. The van der Waals surface area contributed by atoms with Crippen LogP contribution in [0.3, 0.4) is 0 Å². The number of amides is 1. The van der Waals surface area contributed by atoms with E-state index in [0.717, 1.165) is 33.5 Å². The van der Waals surface area contributed by atoms with Crippen LogP contribution in [0.25, 0.3) is 10.1 Å². The van der Waals surface area contributed by atoms with Crippen LogP contribution in [0.1, 0.15) is 21.8 Å². The van der Waals surface area contributed by atoms with Crippen LogP contribution in [0.2, 0.25) is 0 Å². The summed E-state index contributed by atoms with van der Waals surface area (Å²) >= 11 is 1.56. The number of aromatic nitrogens is 2. The standard InChI is InChI=1S/C19H19N3O2S/c23-19(18-11-14-3-1-2-4-17(14)25-18)22-9-10-24-13-16(22)6-5-15-12-20-7-8-21-15/h1-4,7-8,11-12,16H,5-6,9-10,13H2/t16-/m1/s1. The predicted octanol–water partition coefficient (Wildman–Crippen LogP) is 3.17. The quantitative estimate of drug-likeness (QED) is 0.723. The van der Waals surface area contributed by atoms with E-state index in [4.69, 9.17) is 4.74 Å². The average Bonchev–Trinajstić information content (AvgIpc) is 3.11. The second-order valence-electron chi connectivity index (χ2n) is 6.11. The molecule has 1 atom stereocenters. The number of carbonyl (C=O) groups is 1. The lowest BCUT2D eigenvalue weighted by Gasteiger charge is -2.35. The van der Waals surface area contributed by atoms with Crippen LogP contribution in [0.15, 0.2) is 48.9 Å². The van der Waals surface area contributed by atoms with Gasteiger partial charge in [0.25, 0.3) is 5.91 Å². The zero-order chi connectivity index (χ0) is 17.1. The first-order chi connectivity index (χ1) is 12.3. The second-order valence-corrected chi connectivity index (χ2v) is 7.19. The smallest absolute Gasteiger partial charge is 0.264 e. The first kappa shape index (κ1) is 16.2. The Balaban J connectivity index is 1.50. The summed E-state index contributed by atoms with van der Waals surface area (Å²) in [5.41, 5.74) is 0.947. The normalized spacial score (nSPS) is 17.8. The molecule has 0 unspecified atom stereocenters. The fraction of sp³-hybridized carbons (Fsp3) is 0.316. The number of benzene rings is 1. The first-order valence-corrected chi connectivity index (χ1v) is 9.25. The van der Waals surface area contributed by atoms with Gasteiger partial charge >= 0.3 is 0 Å². The van der Waals surface area contributed by atoms with Crippen molar-refractivity contribution in [2.45, 2.75) is 18.9 Å². The zero-order valence-corrected chi connectivity index (χ0v) is 14.6. The van der Waals surface area contributed by atoms with Crippen molar-refractivity contribution in [2.75, 3.05) is 19.8 Å². The third kappa shape index (κ3) is 3.55. The highest BCUT2D eigenvalue weighted by molar-refractivity contribution is 7.20. The highest BCUT2D eigenvalue weighted by Crippen LogP contribution is 2.27. The molecule has 1 fully saturated rings. The molecular weight excluding hydrogens is 334 g/mol. The van der Waals surface area contributed by atoms with Gasteiger partial charge in [-0.2, -0.15) is 0 Å². The summed E-state index contributed by atoms with van der Waals surface area (Å²) in [5, 5.41) is 1.13. The van der Waals surface area contributed by atoms with Crippen molar-refractivity contribution in [1.82, 2.24) is 14.9 Å². The maximum Gasteiger partial charge on any atom is 0.264 e. The van der Waals surface area contributed by atoms with Gasteiger partial charge in [-0.3, -0.25) is 14.8 Å². The minimum absolute atomic E-state index is 0.0773. The van der Waals surface area contributed by atoms with Gasteiger partial charge < -0.3 is 9.64 Å². The van der Waals surface area contributed by atoms with Crippen molar-refractivity contribution in [3.05, 3.63) is 59.5 Å². The van der Waals surface area contributed by atoms with Crippen LogP contribution in [0.4, 0.5) is 0 Å². The van der Waals surface area contributed by atoms with Gasteiger partial charge in [-0.25, -0.2) is 0 Å². The monoisotopic (exact) mass is 353 g/mol. The summed E-state index contributed by atoms with van der Waals surface area (Å²) in [7, 11) is 0. The maximum absolute atomic E-state index is 13.0. The molecule has 6 heteroatoms. The Kier molecular flexibility index (Phi) is 4.72. The van der Waals surface area contributed by atoms with Crippen LogP contribution >= 0.6 is 11.3 Å². The molecule has 2 aromatic heterocycles. The molecule has 3 aromatic rings. The van der Waals surface area contributed by atoms with Gasteiger partial charge in [0.1, 0.15) is 0 Å². The molecule has 1 aliphatic rings. The summed E-state index contributed by atoms with van der Waals surface area (Å²) < 4.78 is 6.77. The minimum atomic E-state index is 0.0773. The Labute approximate surface area is 150 Å². The van der Waals surface area contributed by atoms with Crippen LogP contribution in [-0.2, 0) is 11.2 Å². The molecule has 1 saturated heterocycles. The fourth-order valence-corrected chi connectivity index (χ4v) is 4.18. The number of nitrogens with zero attached hydrogens (tertiary/aromatic N) is 3. The lowest BCUT2D eigenvalue weighted by molar-refractivity contribution is -0.00386. The fourth-order valence-electron chi connectivity index (χ4n) is 3.16. The van der Waals surface area contributed by atoms with E-state index in [1.165, 1.54) is 0 Å². The Hall–Kier alpha value is -2.31. The van der Waals surface area contributed by atoms with Crippen LogP contribution in [-0.4, -0.2) is 46.6 Å². The number of thiophene rings is 1. The van der Waals surface area contributed by atoms with Gasteiger partial charge in [0, 0.05) is 29.8 Å². The van der Waals surface area contributed by atoms with Gasteiger partial charge in [0.05, 0.1) is 29.8 Å². The predicted molar refractivity (Wildman–Crippen MR) is 97.8 cm³/mol. The number of carbonyl (C=O) groups excluding carboxylic acids is 1. The SMILES string of the molecule is O=C(c1cc2ccccc2s1)N1CCOC[C@H]1CCc1cnccn1.